The molecule has 3 heteroatoms. The Morgan fingerprint density at radius 1 is 1.29 bits per heavy atom. The fourth-order valence-corrected chi connectivity index (χ4v) is 2.31. The van der Waals surface area contributed by atoms with Crippen molar-refractivity contribution in [2.75, 3.05) is 0 Å². The van der Waals surface area contributed by atoms with Gasteiger partial charge < -0.3 is 9.67 Å². The number of fused-ring (bicyclic) bond motifs is 1. The fraction of sp³-hybridized carbons (Fsp3) is 0.500. The van der Waals surface area contributed by atoms with Crippen LogP contribution in [0.4, 0.5) is 0 Å². The maximum atomic E-state index is 10.0. The average Bonchev–Trinajstić information content (AvgIpc) is 2.75. The van der Waals surface area contributed by atoms with Crippen molar-refractivity contribution in [3.63, 3.8) is 0 Å². The van der Waals surface area contributed by atoms with Crippen molar-refractivity contribution in [1.82, 2.24) is 9.55 Å². The number of benzene rings is 1. The molecule has 0 bridgehead atoms. The summed E-state index contributed by atoms with van der Waals surface area (Å²) in [5.41, 5.74) is 2.13. The van der Waals surface area contributed by atoms with E-state index in [0.29, 0.717) is 0 Å². The van der Waals surface area contributed by atoms with Gasteiger partial charge in [-0.2, -0.15) is 0 Å². The van der Waals surface area contributed by atoms with Crippen LogP contribution < -0.4 is 0 Å². The molecular weight excluding hydrogens is 212 g/mol. The maximum absolute atomic E-state index is 10.0. The molecule has 0 aliphatic rings. The van der Waals surface area contributed by atoms with Crippen LogP contribution in [-0.2, 0) is 6.42 Å². The van der Waals surface area contributed by atoms with Crippen LogP contribution in [0.25, 0.3) is 11.0 Å². The highest BCUT2D eigenvalue weighted by molar-refractivity contribution is 5.76. The summed E-state index contributed by atoms with van der Waals surface area (Å²) >= 11 is 0. The SMILES string of the molecule is CCc1nc2ccccc2n1C(C)C(O)CC. The van der Waals surface area contributed by atoms with E-state index in [9.17, 15) is 5.11 Å². The number of aromatic nitrogens is 2. The molecule has 2 atom stereocenters. The van der Waals surface area contributed by atoms with Crippen LogP contribution >= 0.6 is 0 Å². The number of aliphatic hydroxyl groups excluding tert-OH is 1. The van der Waals surface area contributed by atoms with Crippen LogP contribution in [0.2, 0.25) is 0 Å². The van der Waals surface area contributed by atoms with Gasteiger partial charge in [0.25, 0.3) is 0 Å². The quantitative estimate of drug-likeness (QED) is 0.880. The lowest BCUT2D eigenvalue weighted by molar-refractivity contribution is 0.117. The zero-order valence-electron chi connectivity index (χ0n) is 10.7. The molecule has 0 saturated heterocycles. The van der Waals surface area contributed by atoms with Crippen LogP contribution in [0.3, 0.4) is 0 Å². The molecule has 2 rings (SSSR count). The summed E-state index contributed by atoms with van der Waals surface area (Å²) in [7, 11) is 0. The molecule has 1 aromatic carbocycles. The van der Waals surface area contributed by atoms with Crippen molar-refractivity contribution < 1.29 is 5.11 Å². The summed E-state index contributed by atoms with van der Waals surface area (Å²) in [5.74, 6) is 1.05. The van der Waals surface area contributed by atoms with E-state index in [4.69, 9.17) is 0 Å². The predicted octanol–water partition coefficient (Wildman–Crippen LogP) is 2.93. The monoisotopic (exact) mass is 232 g/mol. The molecule has 1 aromatic heterocycles. The number of para-hydroxylation sites is 2. The molecule has 0 aliphatic carbocycles. The molecule has 0 radical (unpaired) electrons. The second-order valence-corrected chi connectivity index (χ2v) is 4.46. The Labute approximate surface area is 102 Å². The van der Waals surface area contributed by atoms with Gasteiger partial charge in [0.15, 0.2) is 0 Å². The standard InChI is InChI=1S/C14H20N2O/c1-4-13(17)10(3)16-12-9-7-6-8-11(12)15-14(16)5-2/h6-10,13,17H,4-5H2,1-3H3. The van der Waals surface area contributed by atoms with E-state index in [-0.39, 0.29) is 12.1 Å². The van der Waals surface area contributed by atoms with E-state index in [1.807, 2.05) is 25.1 Å². The van der Waals surface area contributed by atoms with Gasteiger partial charge in [-0.3, -0.25) is 0 Å². The summed E-state index contributed by atoms with van der Waals surface area (Å²) in [6.45, 7) is 6.16. The molecule has 92 valence electrons. The number of hydrogen-bond donors (Lipinski definition) is 1. The summed E-state index contributed by atoms with van der Waals surface area (Å²) in [6.07, 6.45) is 1.32. The van der Waals surface area contributed by atoms with E-state index in [0.717, 1.165) is 29.7 Å². The lowest BCUT2D eigenvalue weighted by Crippen LogP contribution is -2.22. The van der Waals surface area contributed by atoms with Gasteiger partial charge in [-0.15, -0.1) is 0 Å². The Balaban J connectivity index is 2.57. The molecule has 2 aromatic rings. The summed E-state index contributed by atoms with van der Waals surface area (Å²) in [6, 6.07) is 8.18. The van der Waals surface area contributed by atoms with E-state index < -0.39 is 0 Å². The molecule has 1 heterocycles. The van der Waals surface area contributed by atoms with Crippen LogP contribution in [0.5, 0.6) is 0 Å². The highest BCUT2D eigenvalue weighted by Crippen LogP contribution is 2.24. The first-order chi connectivity index (χ1) is 8.19. The Bertz CT molecular complexity index is 504. The molecule has 17 heavy (non-hydrogen) atoms. The first kappa shape index (κ1) is 12.1. The van der Waals surface area contributed by atoms with Crippen molar-refractivity contribution in [2.45, 2.75) is 45.8 Å². The minimum absolute atomic E-state index is 0.0716. The van der Waals surface area contributed by atoms with Crippen LogP contribution in [-0.4, -0.2) is 20.8 Å². The van der Waals surface area contributed by atoms with Gasteiger partial charge in [0, 0.05) is 6.42 Å². The first-order valence-electron chi connectivity index (χ1n) is 6.32. The van der Waals surface area contributed by atoms with Crippen LogP contribution in [0.15, 0.2) is 24.3 Å². The summed E-state index contributed by atoms with van der Waals surface area (Å²) in [4.78, 5) is 4.62. The maximum Gasteiger partial charge on any atom is 0.109 e. The van der Waals surface area contributed by atoms with Crippen LogP contribution in [0, 0.1) is 0 Å². The summed E-state index contributed by atoms with van der Waals surface area (Å²) < 4.78 is 2.17. The smallest absolute Gasteiger partial charge is 0.109 e. The van der Waals surface area contributed by atoms with Gasteiger partial charge in [-0.25, -0.2) is 4.98 Å². The molecule has 0 amide bonds. The Hall–Kier alpha value is -1.35. The molecule has 2 unspecified atom stereocenters. The molecular formula is C14H20N2O. The van der Waals surface area contributed by atoms with Gasteiger partial charge in [0.05, 0.1) is 23.2 Å². The number of nitrogens with zero attached hydrogens (tertiary/aromatic N) is 2. The van der Waals surface area contributed by atoms with E-state index in [1.54, 1.807) is 0 Å². The third-order valence-corrected chi connectivity index (χ3v) is 3.37. The van der Waals surface area contributed by atoms with Crippen molar-refractivity contribution in [1.29, 1.82) is 0 Å². The van der Waals surface area contributed by atoms with Crippen molar-refractivity contribution in [2.24, 2.45) is 0 Å². The zero-order valence-corrected chi connectivity index (χ0v) is 10.7. The minimum atomic E-state index is -0.321. The summed E-state index contributed by atoms with van der Waals surface area (Å²) in [5, 5.41) is 10.0. The third-order valence-electron chi connectivity index (χ3n) is 3.37. The van der Waals surface area contributed by atoms with E-state index in [1.165, 1.54) is 0 Å². The Kier molecular flexibility index (Phi) is 3.48. The number of aryl methyl sites for hydroxylation is 1. The highest BCUT2D eigenvalue weighted by Gasteiger charge is 2.19. The molecule has 3 nitrogen and oxygen atoms in total. The fourth-order valence-electron chi connectivity index (χ4n) is 2.31. The van der Waals surface area contributed by atoms with E-state index in [2.05, 4.69) is 29.5 Å². The molecule has 0 aliphatic heterocycles. The van der Waals surface area contributed by atoms with Crippen LogP contribution in [0.1, 0.15) is 39.1 Å². The predicted molar refractivity (Wildman–Crippen MR) is 70.1 cm³/mol. The second-order valence-electron chi connectivity index (χ2n) is 4.46. The number of imidazole rings is 1. The van der Waals surface area contributed by atoms with E-state index >= 15 is 0 Å². The molecule has 0 saturated carbocycles. The third kappa shape index (κ3) is 2.07. The molecule has 0 fully saturated rings. The largest absolute Gasteiger partial charge is 0.391 e. The topological polar surface area (TPSA) is 38.0 Å². The first-order valence-corrected chi connectivity index (χ1v) is 6.32. The normalized spacial score (nSPS) is 15.1. The molecule has 1 N–H and O–H groups in total. The Morgan fingerprint density at radius 2 is 2.00 bits per heavy atom. The minimum Gasteiger partial charge on any atom is -0.391 e. The Morgan fingerprint density at radius 3 is 2.65 bits per heavy atom. The zero-order chi connectivity index (χ0) is 12.4. The number of aliphatic hydroxyl groups is 1. The van der Waals surface area contributed by atoms with Gasteiger partial charge in [0.2, 0.25) is 0 Å². The lowest BCUT2D eigenvalue weighted by atomic mass is 10.1. The van der Waals surface area contributed by atoms with Gasteiger partial charge in [0.1, 0.15) is 5.82 Å². The average molecular weight is 232 g/mol. The van der Waals surface area contributed by atoms with Crippen molar-refractivity contribution >= 4 is 11.0 Å². The second kappa shape index (κ2) is 4.88. The number of rotatable bonds is 4. The van der Waals surface area contributed by atoms with Crippen molar-refractivity contribution in [3.8, 4) is 0 Å². The van der Waals surface area contributed by atoms with Gasteiger partial charge in [-0.05, 0) is 25.5 Å². The number of hydrogen-bond acceptors (Lipinski definition) is 2. The lowest BCUT2D eigenvalue weighted by Gasteiger charge is -2.21. The highest BCUT2D eigenvalue weighted by atomic mass is 16.3. The van der Waals surface area contributed by atoms with Crippen molar-refractivity contribution in [3.05, 3.63) is 30.1 Å². The van der Waals surface area contributed by atoms with Gasteiger partial charge in [-0.1, -0.05) is 26.0 Å². The van der Waals surface area contributed by atoms with Gasteiger partial charge >= 0.3 is 0 Å². The molecule has 0 spiro atoms.